The van der Waals surface area contributed by atoms with E-state index in [0.29, 0.717) is 12.0 Å². The minimum atomic E-state index is 0.472. The molecule has 4 rings (SSSR count). The van der Waals surface area contributed by atoms with Crippen LogP contribution in [0, 0.1) is 5.92 Å². The Balaban J connectivity index is 1.37. The van der Waals surface area contributed by atoms with Gasteiger partial charge in [-0.25, -0.2) is 0 Å². The predicted molar refractivity (Wildman–Crippen MR) is 95.1 cm³/mol. The van der Waals surface area contributed by atoms with E-state index in [9.17, 15) is 0 Å². The summed E-state index contributed by atoms with van der Waals surface area (Å²) in [5, 5.41) is 3.67. The van der Waals surface area contributed by atoms with Crippen LogP contribution in [0.1, 0.15) is 29.2 Å². The van der Waals surface area contributed by atoms with Crippen LogP contribution in [-0.4, -0.2) is 36.6 Å². The van der Waals surface area contributed by atoms with Crippen molar-refractivity contribution in [3.05, 3.63) is 59.4 Å². The lowest BCUT2D eigenvalue weighted by atomic mass is 9.94. The zero-order valence-corrected chi connectivity index (χ0v) is 14.2. The third-order valence-corrected chi connectivity index (χ3v) is 5.29. The maximum absolute atomic E-state index is 5.58. The summed E-state index contributed by atoms with van der Waals surface area (Å²) in [6, 6.07) is 11.3. The molecule has 3 heterocycles. The molecule has 0 aliphatic carbocycles. The number of nitrogens with one attached hydrogen (secondary N) is 1. The van der Waals surface area contributed by atoms with Crippen molar-refractivity contribution < 1.29 is 4.74 Å². The molecule has 1 saturated heterocycles. The van der Waals surface area contributed by atoms with Crippen LogP contribution in [0.5, 0.6) is 5.75 Å². The molecule has 1 aromatic heterocycles. The Morgan fingerprint density at radius 3 is 3.17 bits per heavy atom. The number of likely N-dealkylation sites (tertiary alicyclic amines) is 1. The number of nitrogens with zero attached hydrogens (tertiary/aromatic N) is 2. The number of fused-ring (bicyclic) bond motifs is 1. The fraction of sp³-hybridized carbons (Fsp3) is 0.450. The minimum absolute atomic E-state index is 0.472. The molecule has 24 heavy (non-hydrogen) atoms. The number of rotatable bonds is 5. The Morgan fingerprint density at radius 2 is 2.29 bits per heavy atom. The molecule has 0 radical (unpaired) electrons. The first-order valence-electron chi connectivity index (χ1n) is 8.87. The fourth-order valence-corrected chi connectivity index (χ4v) is 4.07. The Kier molecular flexibility index (Phi) is 4.50. The summed E-state index contributed by atoms with van der Waals surface area (Å²) in [5.41, 5.74) is 4.03. The van der Waals surface area contributed by atoms with E-state index in [1.807, 2.05) is 18.5 Å². The van der Waals surface area contributed by atoms with E-state index in [4.69, 9.17) is 4.74 Å². The molecular weight excluding hydrogens is 298 g/mol. The van der Waals surface area contributed by atoms with Crippen molar-refractivity contribution in [1.29, 1.82) is 0 Å². The van der Waals surface area contributed by atoms with Gasteiger partial charge in [-0.3, -0.25) is 9.88 Å². The molecule has 4 nitrogen and oxygen atoms in total. The average molecular weight is 323 g/mol. The summed E-state index contributed by atoms with van der Waals surface area (Å²) in [4.78, 5) is 6.75. The fourth-order valence-electron chi connectivity index (χ4n) is 4.07. The third kappa shape index (κ3) is 3.17. The SMILES string of the molecule is CN1CC[C@@H](CNCc2ccc3c(c2)CCO3)[C@@H]1c1cccnc1. The van der Waals surface area contributed by atoms with Gasteiger partial charge in [-0.1, -0.05) is 18.2 Å². The normalized spacial score (nSPS) is 23.2. The van der Waals surface area contributed by atoms with Crippen LogP contribution in [-0.2, 0) is 13.0 Å². The van der Waals surface area contributed by atoms with Gasteiger partial charge in [0.05, 0.1) is 6.61 Å². The highest BCUT2D eigenvalue weighted by Gasteiger charge is 2.32. The first-order chi connectivity index (χ1) is 11.8. The second-order valence-electron chi connectivity index (χ2n) is 6.93. The van der Waals surface area contributed by atoms with Gasteiger partial charge in [0.2, 0.25) is 0 Å². The quantitative estimate of drug-likeness (QED) is 0.918. The molecule has 126 valence electrons. The summed E-state index contributed by atoms with van der Waals surface area (Å²) >= 11 is 0. The molecule has 1 aromatic carbocycles. The molecule has 0 spiro atoms. The highest BCUT2D eigenvalue weighted by atomic mass is 16.5. The van der Waals surface area contributed by atoms with Gasteiger partial charge in [-0.15, -0.1) is 0 Å². The Labute approximate surface area is 143 Å². The van der Waals surface area contributed by atoms with Gasteiger partial charge in [0, 0.05) is 37.9 Å². The van der Waals surface area contributed by atoms with Gasteiger partial charge < -0.3 is 10.1 Å². The first-order valence-corrected chi connectivity index (χ1v) is 8.87. The van der Waals surface area contributed by atoms with E-state index >= 15 is 0 Å². The monoisotopic (exact) mass is 323 g/mol. The first kappa shape index (κ1) is 15.6. The molecule has 0 saturated carbocycles. The van der Waals surface area contributed by atoms with Crippen molar-refractivity contribution in [2.75, 3.05) is 26.7 Å². The van der Waals surface area contributed by atoms with E-state index in [2.05, 4.69) is 46.5 Å². The molecule has 2 atom stereocenters. The molecule has 0 bridgehead atoms. The van der Waals surface area contributed by atoms with Gasteiger partial charge in [0.1, 0.15) is 5.75 Å². The Bertz CT molecular complexity index is 689. The second-order valence-corrected chi connectivity index (χ2v) is 6.93. The van der Waals surface area contributed by atoms with E-state index in [-0.39, 0.29) is 0 Å². The van der Waals surface area contributed by atoms with Crippen LogP contribution >= 0.6 is 0 Å². The van der Waals surface area contributed by atoms with Gasteiger partial charge in [0.15, 0.2) is 0 Å². The summed E-state index contributed by atoms with van der Waals surface area (Å²) in [6.07, 6.45) is 6.14. The van der Waals surface area contributed by atoms with Crippen molar-refractivity contribution in [1.82, 2.24) is 15.2 Å². The van der Waals surface area contributed by atoms with Gasteiger partial charge in [-0.05, 0) is 54.8 Å². The van der Waals surface area contributed by atoms with Crippen molar-refractivity contribution >= 4 is 0 Å². The molecule has 1 N–H and O–H groups in total. The lowest BCUT2D eigenvalue weighted by Gasteiger charge is -2.25. The number of hydrogen-bond donors (Lipinski definition) is 1. The van der Waals surface area contributed by atoms with Crippen LogP contribution < -0.4 is 10.1 Å². The maximum Gasteiger partial charge on any atom is 0.122 e. The molecule has 1 fully saturated rings. The van der Waals surface area contributed by atoms with E-state index in [1.54, 1.807) is 0 Å². The molecule has 4 heteroatoms. The van der Waals surface area contributed by atoms with Crippen LogP contribution in [0.15, 0.2) is 42.7 Å². The average Bonchev–Trinajstić information content (AvgIpc) is 3.22. The summed E-state index contributed by atoms with van der Waals surface area (Å²) < 4.78 is 5.58. The Morgan fingerprint density at radius 1 is 1.33 bits per heavy atom. The van der Waals surface area contributed by atoms with Crippen molar-refractivity contribution in [2.45, 2.75) is 25.4 Å². The van der Waals surface area contributed by atoms with E-state index in [0.717, 1.165) is 38.4 Å². The summed E-state index contributed by atoms with van der Waals surface area (Å²) in [6.45, 7) is 3.94. The van der Waals surface area contributed by atoms with Crippen molar-refractivity contribution in [2.24, 2.45) is 5.92 Å². The number of benzene rings is 1. The smallest absolute Gasteiger partial charge is 0.122 e. The number of ether oxygens (including phenoxy) is 1. The third-order valence-electron chi connectivity index (χ3n) is 5.29. The molecule has 2 aliphatic heterocycles. The Hall–Kier alpha value is -1.91. The number of hydrogen-bond acceptors (Lipinski definition) is 4. The van der Waals surface area contributed by atoms with Gasteiger partial charge >= 0.3 is 0 Å². The maximum atomic E-state index is 5.58. The van der Waals surface area contributed by atoms with E-state index in [1.165, 1.54) is 23.1 Å². The molecule has 0 amide bonds. The summed E-state index contributed by atoms with van der Waals surface area (Å²) in [5.74, 6) is 1.70. The van der Waals surface area contributed by atoms with Crippen LogP contribution in [0.3, 0.4) is 0 Å². The largest absolute Gasteiger partial charge is 0.493 e. The minimum Gasteiger partial charge on any atom is -0.493 e. The molecule has 2 aromatic rings. The zero-order chi connectivity index (χ0) is 16.4. The molecule has 2 aliphatic rings. The number of pyridine rings is 1. The highest BCUT2D eigenvalue weighted by molar-refractivity contribution is 5.39. The topological polar surface area (TPSA) is 37.4 Å². The zero-order valence-electron chi connectivity index (χ0n) is 14.2. The van der Waals surface area contributed by atoms with E-state index < -0.39 is 0 Å². The lowest BCUT2D eigenvalue weighted by Crippen LogP contribution is -2.28. The van der Waals surface area contributed by atoms with Crippen molar-refractivity contribution in [3.63, 3.8) is 0 Å². The highest BCUT2D eigenvalue weighted by Crippen LogP contribution is 2.35. The van der Waals surface area contributed by atoms with Crippen molar-refractivity contribution in [3.8, 4) is 5.75 Å². The van der Waals surface area contributed by atoms with Crippen LogP contribution in [0.25, 0.3) is 0 Å². The second kappa shape index (κ2) is 6.91. The lowest BCUT2D eigenvalue weighted by molar-refractivity contribution is 0.271. The van der Waals surface area contributed by atoms with Crippen LogP contribution in [0.4, 0.5) is 0 Å². The summed E-state index contributed by atoms with van der Waals surface area (Å²) in [7, 11) is 2.22. The molecule has 0 unspecified atom stereocenters. The number of aromatic nitrogens is 1. The molecular formula is C20H25N3O. The van der Waals surface area contributed by atoms with Gasteiger partial charge in [-0.2, -0.15) is 0 Å². The predicted octanol–water partition coefficient (Wildman–Crippen LogP) is 2.80. The standard InChI is InChI=1S/C20H25N3O/c1-23-9-6-18(20(23)17-3-2-8-21-13-17)14-22-12-15-4-5-19-16(11-15)7-10-24-19/h2-5,8,11,13,18,20,22H,6-7,9-10,12,14H2,1H3/t18-,20-/m0/s1. The van der Waals surface area contributed by atoms with Crippen LogP contribution in [0.2, 0.25) is 0 Å². The van der Waals surface area contributed by atoms with Gasteiger partial charge in [0.25, 0.3) is 0 Å².